The summed E-state index contributed by atoms with van der Waals surface area (Å²) in [6.07, 6.45) is 0.506. The summed E-state index contributed by atoms with van der Waals surface area (Å²) in [5.41, 5.74) is 2.26. The third-order valence-electron chi connectivity index (χ3n) is 5.55. The lowest BCUT2D eigenvalue weighted by Gasteiger charge is -2.45. The van der Waals surface area contributed by atoms with E-state index in [1.165, 1.54) is 5.56 Å². The molecular weight excluding hydrogens is 519 g/mol. The van der Waals surface area contributed by atoms with E-state index in [-0.39, 0.29) is 41.7 Å². The minimum atomic E-state index is -0.0126. The van der Waals surface area contributed by atoms with Crippen molar-refractivity contribution < 1.29 is 14.2 Å². The maximum absolute atomic E-state index is 5.96. The molecule has 1 aliphatic rings. The van der Waals surface area contributed by atoms with Crippen molar-refractivity contribution in [3.05, 3.63) is 29.3 Å². The van der Waals surface area contributed by atoms with Crippen molar-refractivity contribution in [2.24, 2.45) is 4.99 Å². The molecule has 2 unspecified atom stereocenters. The highest BCUT2D eigenvalue weighted by molar-refractivity contribution is 14.0. The number of aryl methyl sites for hydroxylation is 1. The molecule has 32 heavy (non-hydrogen) atoms. The lowest BCUT2D eigenvalue weighted by Crippen LogP contribution is -2.59. The molecule has 0 bridgehead atoms. The lowest BCUT2D eigenvalue weighted by atomic mass is 10.00. The van der Waals surface area contributed by atoms with Gasteiger partial charge >= 0.3 is 0 Å². The van der Waals surface area contributed by atoms with Crippen molar-refractivity contribution in [2.45, 2.75) is 65.8 Å². The van der Waals surface area contributed by atoms with Crippen LogP contribution in [0.3, 0.4) is 0 Å². The number of nitrogens with zero attached hydrogens (tertiary/aromatic N) is 2. The van der Waals surface area contributed by atoms with Crippen molar-refractivity contribution in [1.29, 1.82) is 0 Å². The number of aliphatic imine (C=N–C) groups is 1. The number of halogens is 1. The van der Waals surface area contributed by atoms with Crippen molar-refractivity contribution in [3.63, 3.8) is 0 Å². The van der Waals surface area contributed by atoms with E-state index in [0.29, 0.717) is 26.4 Å². The second-order valence-corrected chi connectivity index (χ2v) is 8.91. The molecule has 2 rings (SSSR count). The first-order chi connectivity index (χ1) is 14.7. The number of morpholine rings is 1. The summed E-state index contributed by atoms with van der Waals surface area (Å²) in [4.78, 5) is 6.90. The van der Waals surface area contributed by atoms with Crippen molar-refractivity contribution in [3.8, 4) is 5.75 Å². The summed E-state index contributed by atoms with van der Waals surface area (Å²) in [5, 5.41) is 6.92. The molecule has 1 fully saturated rings. The van der Waals surface area contributed by atoms with Gasteiger partial charge in [-0.1, -0.05) is 12.1 Å². The zero-order valence-electron chi connectivity index (χ0n) is 20.9. The summed E-state index contributed by atoms with van der Waals surface area (Å²) in [7, 11) is 1.80. The fourth-order valence-corrected chi connectivity index (χ4v) is 3.78. The fourth-order valence-electron chi connectivity index (χ4n) is 3.78. The summed E-state index contributed by atoms with van der Waals surface area (Å²) >= 11 is 0. The summed E-state index contributed by atoms with van der Waals surface area (Å²) in [6.45, 7) is 18.0. The SMILES string of the molecule is CCOCCOc1cc(C)ccc1CNC(=NC)NCC(C)(C)N1CC(C)OC(C)C1.I. The van der Waals surface area contributed by atoms with Crippen LogP contribution in [-0.4, -0.2) is 75.1 Å². The molecule has 184 valence electrons. The van der Waals surface area contributed by atoms with E-state index >= 15 is 0 Å². The Morgan fingerprint density at radius 3 is 2.50 bits per heavy atom. The zero-order chi connectivity index (χ0) is 22.9. The summed E-state index contributed by atoms with van der Waals surface area (Å²) in [5.74, 6) is 1.67. The molecule has 1 saturated heterocycles. The minimum Gasteiger partial charge on any atom is -0.491 e. The van der Waals surface area contributed by atoms with Crippen LogP contribution in [0.4, 0.5) is 0 Å². The number of guanidine groups is 1. The van der Waals surface area contributed by atoms with Gasteiger partial charge in [0.2, 0.25) is 0 Å². The second-order valence-electron chi connectivity index (χ2n) is 8.91. The largest absolute Gasteiger partial charge is 0.491 e. The standard InChI is InChI=1S/C24H42N4O3.HI/c1-8-29-11-12-30-22-13-18(2)9-10-21(22)14-26-23(25-7)27-17-24(5,6)28-15-19(3)31-20(4)16-28;/h9-10,13,19-20H,8,11-12,14-17H2,1-7H3,(H2,25,26,27);1H. The average Bonchev–Trinajstić information content (AvgIpc) is 2.71. The molecule has 0 spiro atoms. The average molecular weight is 563 g/mol. The number of hydrogen-bond acceptors (Lipinski definition) is 5. The Hall–Kier alpha value is -1.10. The molecule has 0 aromatic heterocycles. The predicted octanol–water partition coefficient (Wildman–Crippen LogP) is 3.58. The molecule has 0 radical (unpaired) electrons. The van der Waals surface area contributed by atoms with Gasteiger partial charge in [-0.3, -0.25) is 9.89 Å². The molecule has 1 aromatic rings. The van der Waals surface area contributed by atoms with Gasteiger partial charge in [0.05, 0.1) is 18.8 Å². The Balaban J connectivity index is 0.00000512. The molecular formula is C24H43IN4O3. The first-order valence-corrected chi connectivity index (χ1v) is 11.4. The highest BCUT2D eigenvalue weighted by Gasteiger charge is 2.33. The summed E-state index contributed by atoms with van der Waals surface area (Å²) < 4.78 is 17.2. The van der Waals surface area contributed by atoms with E-state index in [2.05, 4.69) is 73.3 Å². The van der Waals surface area contributed by atoms with E-state index in [9.17, 15) is 0 Å². The van der Waals surface area contributed by atoms with E-state index in [1.807, 2.05) is 6.92 Å². The third-order valence-corrected chi connectivity index (χ3v) is 5.55. The van der Waals surface area contributed by atoms with Gasteiger partial charge in [0.25, 0.3) is 0 Å². The van der Waals surface area contributed by atoms with Crippen molar-refractivity contribution >= 4 is 29.9 Å². The molecule has 0 aliphatic carbocycles. The van der Waals surface area contributed by atoms with E-state index < -0.39 is 0 Å². The molecule has 1 aromatic carbocycles. The van der Waals surface area contributed by atoms with Gasteiger partial charge in [-0.05, 0) is 53.2 Å². The van der Waals surface area contributed by atoms with E-state index in [1.54, 1.807) is 7.05 Å². The third kappa shape index (κ3) is 9.41. The van der Waals surface area contributed by atoms with Crippen LogP contribution in [0, 0.1) is 6.92 Å². The fraction of sp³-hybridized carbons (Fsp3) is 0.708. The van der Waals surface area contributed by atoms with Gasteiger partial charge < -0.3 is 24.8 Å². The lowest BCUT2D eigenvalue weighted by molar-refractivity contribution is -0.0946. The number of hydrogen-bond donors (Lipinski definition) is 2. The van der Waals surface area contributed by atoms with Gasteiger partial charge in [0.15, 0.2) is 5.96 Å². The van der Waals surface area contributed by atoms with Gasteiger partial charge in [0.1, 0.15) is 12.4 Å². The van der Waals surface area contributed by atoms with Crippen LogP contribution < -0.4 is 15.4 Å². The minimum absolute atomic E-state index is 0. The maximum Gasteiger partial charge on any atom is 0.191 e. The van der Waals surface area contributed by atoms with Crippen LogP contribution in [0.15, 0.2) is 23.2 Å². The van der Waals surface area contributed by atoms with Crippen molar-refractivity contribution in [2.75, 3.05) is 46.5 Å². The smallest absolute Gasteiger partial charge is 0.191 e. The number of nitrogens with one attached hydrogen (secondary N) is 2. The molecule has 8 heteroatoms. The first kappa shape index (κ1) is 28.9. The molecule has 2 atom stereocenters. The van der Waals surface area contributed by atoms with Gasteiger partial charge in [-0.2, -0.15) is 0 Å². The Kier molecular flexibility index (Phi) is 12.9. The van der Waals surface area contributed by atoms with Gasteiger partial charge in [-0.15, -0.1) is 24.0 Å². The van der Waals surface area contributed by atoms with Crippen LogP contribution in [-0.2, 0) is 16.0 Å². The highest BCUT2D eigenvalue weighted by atomic mass is 127. The molecule has 7 nitrogen and oxygen atoms in total. The van der Waals surface area contributed by atoms with Crippen molar-refractivity contribution in [1.82, 2.24) is 15.5 Å². The maximum atomic E-state index is 5.96. The normalized spacial score (nSPS) is 19.9. The number of rotatable bonds is 10. The topological polar surface area (TPSA) is 67.4 Å². The molecule has 1 heterocycles. The number of benzene rings is 1. The molecule has 0 saturated carbocycles. The van der Waals surface area contributed by atoms with Gasteiger partial charge in [-0.25, -0.2) is 0 Å². The monoisotopic (exact) mass is 562 g/mol. The van der Waals surface area contributed by atoms with Crippen LogP contribution in [0.25, 0.3) is 0 Å². The Bertz CT molecular complexity index is 704. The quantitative estimate of drug-likeness (QED) is 0.197. The summed E-state index contributed by atoms with van der Waals surface area (Å²) in [6, 6.07) is 6.28. The van der Waals surface area contributed by atoms with E-state index in [0.717, 1.165) is 36.9 Å². The highest BCUT2D eigenvalue weighted by Crippen LogP contribution is 2.21. The predicted molar refractivity (Wildman–Crippen MR) is 142 cm³/mol. The van der Waals surface area contributed by atoms with Gasteiger partial charge in [0, 0.05) is 50.9 Å². The second kappa shape index (κ2) is 14.2. The molecule has 1 aliphatic heterocycles. The number of ether oxygens (including phenoxy) is 3. The molecule has 2 N–H and O–H groups in total. The molecule has 0 amide bonds. The van der Waals surface area contributed by atoms with Crippen LogP contribution >= 0.6 is 24.0 Å². The Labute approximate surface area is 211 Å². The van der Waals surface area contributed by atoms with E-state index in [4.69, 9.17) is 14.2 Å². The van der Waals surface area contributed by atoms with Crippen LogP contribution in [0.5, 0.6) is 5.75 Å². The Morgan fingerprint density at radius 2 is 1.88 bits per heavy atom. The zero-order valence-corrected chi connectivity index (χ0v) is 23.2. The Morgan fingerprint density at radius 1 is 1.19 bits per heavy atom. The first-order valence-electron chi connectivity index (χ1n) is 11.4. The van der Waals surface area contributed by atoms with Crippen LogP contribution in [0.2, 0.25) is 0 Å². The van der Waals surface area contributed by atoms with Crippen LogP contribution in [0.1, 0.15) is 45.7 Å².